The summed E-state index contributed by atoms with van der Waals surface area (Å²) in [6, 6.07) is 28.1. The number of amides is 2. The van der Waals surface area contributed by atoms with Crippen LogP contribution >= 0.6 is 23.2 Å². The Balaban J connectivity index is 1.83. The predicted octanol–water partition coefficient (Wildman–Crippen LogP) is 6.66. The quantitative estimate of drug-likeness (QED) is 0.186. The maximum absolute atomic E-state index is 14.5. The van der Waals surface area contributed by atoms with Gasteiger partial charge < -0.3 is 10.2 Å². The van der Waals surface area contributed by atoms with E-state index in [0.29, 0.717) is 0 Å². The highest BCUT2D eigenvalue weighted by molar-refractivity contribution is 7.92. The summed E-state index contributed by atoms with van der Waals surface area (Å²) in [5, 5.41) is 3.30. The van der Waals surface area contributed by atoms with Crippen molar-refractivity contribution in [2.75, 3.05) is 10.8 Å². The number of halogens is 2. The normalized spacial score (nSPS) is 12.0. The first-order valence-electron chi connectivity index (χ1n) is 14.2. The van der Waals surface area contributed by atoms with Gasteiger partial charge in [-0.3, -0.25) is 13.9 Å². The molecule has 0 aliphatic heterocycles. The van der Waals surface area contributed by atoms with Gasteiger partial charge in [-0.1, -0.05) is 102 Å². The smallest absolute Gasteiger partial charge is 0.264 e. The van der Waals surface area contributed by atoms with Crippen LogP contribution in [0.5, 0.6) is 0 Å². The number of sulfonamides is 1. The Bertz CT molecular complexity index is 1700. The lowest BCUT2D eigenvalue weighted by atomic mass is 10.0. The van der Waals surface area contributed by atoms with Crippen LogP contribution in [0.4, 0.5) is 5.69 Å². The highest BCUT2D eigenvalue weighted by Gasteiger charge is 2.35. The van der Waals surface area contributed by atoms with Crippen LogP contribution in [0, 0.1) is 6.92 Å². The molecule has 230 valence electrons. The van der Waals surface area contributed by atoms with Gasteiger partial charge in [0.05, 0.1) is 15.6 Å². The van der Waals surface area contributed by atoms with E-state index in [1.54, 1.807) is 24.3 Å². The third-order valence-corrected chi connectivity index (χ3v) is 9.25. The number of nitrogens with one attached hydrogen (secondary N) is 1. The Morgan fingerprint density at radius 1 is 0.818 bits per heavy atom. The largest absolute Gasteiger partial charge is 0.352 e. The minimum Gasteiger partial charge on any atom is -0.352 e. The summed E-state index contributed by atoms with van der Waals surface area (Å²) in [5.41, 5.74) is 2.69. The number of hydrogen-bond acceptors (Lipinski definition) is 4. The molecule has 1 unspecified atom stereocenters. The van der Waals surface area contributed by atoms with Gasteiger partial charge in [0.15, 0.2) is 0 Å². The maximum Gasteiger partial charge on any atom is 0.264 e. The highest BCUT2D eigenvalue weighted by Crippen LogP contribution is 2.33. The molecule has 44 heavy (non-hydrogen) atoms. The van der Waals surface area contributed by atoms with E-state index in [-0.39, 0.29) is 45.5 Å². The second kappa shape index (κ2) is 14.8. The molecule has 0 saturated carbocycles. The van der Waals surface area contributed by atoms with E-state index in [1.807, 2.05) is 75.4 Å². The van der Waals surface area contributed by atoms with E-state index in [4.69, 9.17) is 23.2 Å². The van der Waals surface area contributed by atoms with E-state index in [9.17, 15) is 18.0 Å². The molecule has 10 heteroatoms. The van der Waals surface area contributed by atoms with Gasteiger partial charge in [0.25, 0.3) is 10.0 Å². The molecule has 7 nitrogen and oxygen atoms in total. The topological polar surface area (TPSA) is 86.8 Å². The molecule has 0 bridgehead atoms. The Kier molecular flexibility index (Phi) is 11.1. The number of anilines is 1. The molecular formula is C34H35Cl2N3O4S. The van der Waals surface area contributed by atoms with E-state index in [1.165, 1.54) is 29.2 Å². The van der Waals surface area contributed by atoms with Crippen molar-refractivity contribution < 1.29 is 18.0 Å². The molecule has 0 aliphatic rings. The van der Waals surface area contributed by atoms with Crippen LogP contribution in [-0.4, -0.2) is 43.8 Å². The average Bonchev–Trinajstić information content (AvgIpc) is 2.99. The fourth-order valence-corrected chi connectivity index (χ4v) is 6.73. The predicted molar refractivity (Wildman–Crippen MR) is 176 cm³/mol. The third kappa shape index (κ3) is 8.40. The van der Waals surface area contributed by atoms with Crippen LogP contribution in [0.25, 0.3) is 0 Å². The van der Waals surface area contributed by atoms with Crippen LogP contribution < -0.4 is 9.62 Å². The number of benzene rings is 4. The zero-order valence-electron chi connectivity index (χ0n) is 24.8. The van der Waals surface area contributed by atoms with Crippen molar-refractivity contribution in [2.45, 2.75) is 50.7 Å². The van der Waals surface area contributed by atoms with E-state index in [2.05, 4.69) is 5.32 Å². The molecule has 0 radical (unpaired) electrons. The first kappa shape index (κ1) is 33.1. The van der Waals surface area contributed by atoms with Gasteiger partial charge in [-0.2, -0.15) is 0 Å². The first-order valence-corrected chi connectivity index (χ1v) is 16.4. The van der Waals surface area contributed by atoms with E-state index in [0.717, 1.165) is 21.0 Å². The number of rotatable bonds is 12. The summed E-state index contributed by atoms with van der Waals surface area (Å²) in [6.45, 7) is 5.09. The number of carbonyl (C=O) groups excluding carboxylic acids is 2. The maximum atomic E-state index is 14.5. The summed E-state index contributed by atoms with van der Waals surface area (Å²) in [7, 11) is -4.28. The van der Waals surface area contributed by atoms with Crippen molar-refractivity contribution in [3.05, 3.63) is 130 Å². The van der Waals surface area contributed by atoms with Crippen LogP contribution in [0.3, 0.4) is 0 Å². The van der Waals surface area contributed by atoms with Crippen molar-refractivity contribution in [3.8, 4) is 0 Å². The number of carbonyl (C=O) groups is 2. The zero-order valence-corrected chi connectivity index (χ0v) is 27.1. The van der Waals surface area contributed by atoms with Crippen LogP contribution in [0.2, 0.25) is 10.0 Å². The Hall–Kier alpha value is -3.85. The van der Waals surface area contributed by atoms with Gasteiger partial charge in [-0.05, 0) is 62.2 Å². The van der Waals surface area contributed by atoms with Crippen LogP contribution in [0.1, 0.15) is 30.5 Å². The molecule has 0 aromatic heterocycles. The van der Waals surface area contributed by atoms with Crippen molar-refractivity contribution in [1.82, 2.24) is 10.2 Å². The molecule has 1 N–H and O–H groups in total. The summed E-state index contributed by atoms with van der Waals surface area (Å²) in [4.78, 5) is 29.7. The lowest BCUT2D eigenvalue weighted by molar-refractivity contribution is -0.140. The van der Waals surface area contributed by atoms with Crippen molar-refractivity contribution in [2.24, 2.45) is 0 Å². The Labute approximate surface area is 269 Å². The van der Waals surface area contributed by atoms with Gasteiger partial charge in [0.2, 0.25) is 11.8 Å². The highest BCUT2D eigenvalue weighted by atomic mass is 35.5. The minimum absolute atomic E-state index is 0.0209. The molecule has 4 aromatic carbocycles. The second-order valence-corrected chi connectivity index (χ2v) is 13.5. The SMILES string of the molecule is Cc1cccc(CN(C(=O)CN(c2cc(Cl)ccc2Cl)S(=O)(=O)c2ccccc2)C(Cc2ccccc2)C(=O)NC(C)C)c1. The summed E-state index contributed by atoms with van der Waals surface area (Å²) < 4.78 is 29.1. The molecule has 0 spiro atoms. The van der Waals surface area contributed by atoms with Crippen molar-refractivity contribution in [1.29, 1.82) is 0 Å². The zero-order chi connectivity index (χ0) is 31.9. The molecule has 0 heterocycles. The molecule has 0 aliphatic carbocycles. The second-order valence-electron chi connectivity index (χ2n) is 10.8. The third-order valence-electron chi connectivity index (χ3n) is 6.92. The first-order chi connectivity index (χ1) is 21.0. The van der Waals surface area contributed by atoms with Crippen LogP contribution in [-0.2, 0) is 32.6 Å². The lowest BCUT2D eigenvalue weighted by Crippen LogP contribution is -2.54. The molecular weight excluding hydrogens is 617 g/mol. The standard InChI is InChI=1S/C34H35Cl2N3O4S/c1-24(2)37-34(41)32(20-26-12-6-4-7-13-26)38(22-27-14-10-11-25(3)19-27)33(40)23-39(31-21-28(35)17-18-30(31)36)44(42,43)29-15-8-5-9-16-29/h4-19,21,24,32H,20,22-23H2,1-3H3,(H,37,41). The summed E-state index contributed by atoms with van der Waals surface area (Å²) >= 11 is 12.8. The van der Waals surface area contributed by atoms with Gasteiger partial charge in [-0.25, -0.2) is 8.42 Å². The van der Waals surface area contributed by atoms with E-state index < -0.39 is 28.5 Å². The lowest BCUT2D eigenvalue weighted by Gasteiger charge is -2.34. The van der Waals surface area contributed by atoms with Gasteiger partial charge in [0, 0.05) is 24.0 Å². The minimum atomic E-state index is -4.28. The average molecular weight is 653 g/mol. The number of hydrogen-bond donors (Lipinski definition) is 1. The monoisotopic (exact) mass is 651 g/mol. The molecule has 2 amide bonds. The molecule has 0 fully saturated rings. The fraction of sp³-hybridized carbons (Fsp3) is 0.235. The van der Waals surface area contributed by atoms with Gasteiger partial charge in [-0.15, -0.1) is 0 Å². The number of aryl methyl sites for hydroxylation is 1. The summed E-state index contributed by atoms with van der Waals surface area (Å²) in [5.74, 6) is -0.926. The summed E-state index contributed by atoms with van der Waals surface area (Å²) in [6.07, 6.45) is 0.223. The van der Waals surface area contributed by atoms with Gasteiger partial charge >= 0.3 is 0 Å². The molecule has 1 atom stereocenters. The molecule has 4 aromatic rings. The molecule has 0 saturated heterocycles. The fourth-order valence-electron chi connectivity index (χ4n) is 4.85. The van der Waals surface area contributed by atoms with Gasteiger partial charge in [0.1, 0.15) is 12.6 Å². The number of nitrogens with zero attached hydrogens (tertiary/aromatic N) is 2. The Morgan fingerprint density at radius 2 is 1.45 bits per heavy atom. The van der Waals surface area contributed by atoms with Crippen molar-refractivity contribution >= 4 is 50.7 Å². The van der Waals surface area contributed by atoms with Crippen LogP contribution in [0.15, 0.2) is 108 Å². The Morgan fingerprint density at radius 3 is 2.09 bits per heavy atom. The molecule has 4 rings (SSSR count). The van der Waals surface area contributed by atoms with E-state index >= 15 is 0 Å². The van der Waals surface area contributed by atoms with Crippen molar-refractivity contribution in [3.63, 3.8) is 0 Å².